The van der Waals surface area contributed by atoms with Crippen molar-refractivity contribution in [2.24, 2.45) is 0 Å². The van der Waals surface area contributed by atoms with E-state index in [-0.39, 0.29) is 24.4 Å². The number of hydrogen-bond acceptors (Lipinski definition) is 4. The third-order valence-corrected chi connectivity index (χ3v) is 4.83. The highest BCUT2D eigenvalue weighted by atomic mass is 16.7. The van der Waals surface area contributed by atoms with E-state index in [0.29, 0.717) is 13.1 Å². The Bertz CT molecular complexity index is 579. The minimum atomic E-state index is -0.902. The summed E-state index contributed by atoms with van der Waals surface area (Å²) in [7, 11) is -0.389. The van der Waals surface area contributed by atoms with Gasteiger partial charge in [-0.2, -0.15) is 0 Å². The molecule has 0 aromatic heterocycles. The molecule has 124 valence electrons. The first kappa shape index (κ1) is 16.1. The standard InChI is InChI=1S/C16H22BNO5/c1-15(2)16(3,4)23-17(22-15)11-5-7-12(8-6-11)21-13-9-18(10-13)14(19)20/h5-8,13H,9-10H2,1-4H3,(H,19,20). The van der Waals surface area contributed by atoms with Crippen LogP contribution in [0, 0.1) is 0 Å². The van der Waals surface area contributed by atoms with Crippen molar-refractivity contribution in [2.45, 2.75) is 45.0 Å². The lowest BCUT2D eigenvalue weighted by Crippen LogP contribution is -2.55. The lowest BCUT2D eigenvalue weighted by Gasteiger charge is -2.36. The van der Waals surface area contributed by atoms with Gasteiger partial charge in [0.05, 0.1) is 24.3 Å². The van der Waals surface area contributed by atoms with E-state index in [0.717, 1.165) is 11.2 Å². The topological polar surface area (TPSA) is 68.2 Å². The van der Waals surface area contributed by atoms with Gasteiger partial charge in [-0.15, -0.1) is 0 Å². The van der Waals surface area contributed by atoms with Crippen LogP contribution in [0.3, 0.4) is 0 Å². The van der Waals surface area contributed by atoms with E-state index < -0.39 is 6.09 Å². The molecule has 0 saturated carbocycles. The molecule has 7 heteroatoms. The number of rotatable bonds is 3. The van der Waals surface area contributed by atoms with Gasteiger partial charge in [0.1, 0.15) is 11.9 Å². The van der Waals surface area contributed by atoms with Crippen LogP contribution < -0.4 is 10.2 Å². The third-order valence-electron chi connectivity index (χ3n) is 4.83. The normalized spacial score (nSPS) is 22.8. The number of carboxylic acid groups (broad SMARTS) is 1. The van der Waals surface area contributed by atoms with Gasteiger partial charge in [0.25, 0.3) is 0 Å². The molecule has 2 saturated heterocycles. The molecule has 2 heterocycles. The fourth-order valence-corrected chi connectivity index (χ4v) is 2.54. The summed E-state index contributed by atoms with van der Waals surface area (Å²) >= 11 is 0. The van der Waals surface area contributed by atoms with Crippen LogP contribution in [-0.2, 0) is 9.31 Å². The number of likely N-dealkylation sites (tertiary alicyclic amines) is 1. The molecular weight excluding hydrogens is 297 g/mol. The van der Waals surface area contributed by atoms with Gasteiger partial charge in [0.2, 0.25) is 0 Å². The Balaban J connectivity index is 1.59. The van der Waals surface area contributed by atoms with Gasteiger partial charge < -0.3 is 24.1 Å². The van der Waals surface area contributed by atoms with Crippen LogP contribution in [-0.4, -0.2) is 53.6 Å². The predicted molar refractivity (Wildman–Crippen MR) is 86.2 cm³/mol. The molecular formula is C16H22BNO5. The molecule has 2 fully saturated rings. The summed E-state index contributed by atoms with van der Waals surface area (Å²) in [5, 5.41) is 8.80. The van der Waals surface area contributed by atoms with Crippen LogP contribution >= 0.6 is 0 Å². The number of ether oxygens (including phenoxy) is 1. The van der Waals surface area contributed by atoms with Crippen molar-refractivity contribution in [1.82, 2.24) is 4.90 Å². The van der Waals surface area contributed by atoms with Gasteiger partial charge in [0, 0.05) is 0 Å². The monoisotopic (exact) mass is 319 g/mol. The van der Waals surface area contributed by atoms with Crippen LogP contribution in [0.4, 0.5) is 4.79 Å². The van der Waals surface area contributed by atoms with E-state index in [1.807, 2.05) is 52.0 Å². The van der Waals surface area contributed by atoms with Crippen molar-refractivity contribution < 1.29 is 23.9 Å². The van der Waals surface area contributed by atoms with Crippen LogP contribution in [0.1, 0.15) is 27.7 Å². The number of benzene rings is 1. The Kier molecular flexibility index (Phi) is 3.81. The Hall–Kier alpha value is -1.73. The summed E-state index contributed by atoms with van der Waals surface area (Å²) in [5.74, 6) is 0.723. The minimum Gasteiger partial charge on any atom is -0.487 e. The average molecular weight is 319 g/mol. The molecule has 0 bridgehead atoms. The molecule has 0 aliphatic carbocycles. The Labute approximate surface area is 136 Å². The maximum Gasteiger partial charge on any atom is 0.494 e. The van der Waals surface area contributed by atoms with Gasteiger partial charge in [-0.25, -0.2) is 4.79 Å². The van der Waals surface area contributed by atoms with Gasteiger partial charge in [-0.1, -0.05) is 12.1 Å². The molecule has 1 aromatic carbocycles. The van der Waals surface area contributed by atoms with Gasteiger partial charge >= 0.3 is 13.2 Å². The lowest BCUT2D eigenvalue weighted by molar-refractivity contribution is 0.00578. The smallest absolute Gasteiger partial charge is 0.487 e. The van der Waals surface area contributed by atoms with Crippen molar-refractivity contribution in [2.75, 3.05) is 13.1 Å². The third kappa shape index (κ3) is 3.03. The highest BCUT2D eigenvalue weighted by molar-refractivity contribution is 6.62. The van der Waals surface area contributed by atoms with Gasteiger partial charge in [-0.05, 0) is 45.3 Å². The zero-order valence-corrected chi connectivity index (χ0v) is 13.9. The summed E-state index contributed by atoms with van der Waals surface area (Å²) in [6.07, 6.45) is -0.977. The summed E-state index contributed by atoms with van der Waals surface area (Å²) in [6, 6.07) is 7.57. The summed E-state index contributed by atoms with van der Waals surface area (Å²) in [5.41, 5.74) is 0.217. The molecule has 0 unspecified atom stereocenters. The second-order valence-electron chi connectivity index (χ2n) is 7.08. The summed E-state index contributed by atoms with van der Waals surface area (Å²) < 4.78 is 17.8. The number of carbonyl (C=O) groups is 1. The average Bonchev–Trinajstić information content (AvgIpc) is 2.62. The molecule has 2 aliphatic heterocycles. The molecule has 23 heavy (non-hydrogen) atoms. The van der Waals surface area contributed by atoms with E-state index in [4.69, 9.17) is 19.2 Å². The first-order chi connectivity index (χ1) is 10.7. The first-order valence-electron chi connectivity index (χ1n) is 7.78. The van der Waals surface area contributed by atoms with Crippen LogP contribution in [0.15, 0.2) is 24.3 Å². The number of nitrogens with zero attached hydrogens (tertiary/aromatic N) is 1. The largest absolute Gasteiger partial charge is 0.494 e. The predicted octanol–water partition coefficient (Wildman–Crippen LogP) is 1.73. The summed E-state index contributed by atoms with van der Waals surface area (Å²) in [4.78, 5) is 12.0. The molecule has 1 N–H and O–H groups in total. The van der Waals surface area contributed by atoms with Crippen molar-refractivity contribution in [1.29, 1.82) is 0 Å². The number of hydrogen-bond donors (Lipinski definition) is 1. The fraction of sp³-hybridized carbons (Fsp3) is 0.562. The van der Waals surface area contributed by atoms with Crippen LogP contribution in [0.5, 0.6) is 5.75 Å². The van der Waals surface area contributed by atoms with Crippen molar-refractivity contribution in [3.05, 3.63) is 24.3 Å². The van der Waals surface area contributed by atoms with E-state index in [2.05, 4.69) is 0 Å². The Morgan fingerprint density at radius 3 is 2.17 bits per heavy atom. The van der Waals surface area contributed by atoms with Gasteiger partial charge in [-0.3, -0.25) is 0 Å². The Morgan fingerprint density at radius 1 is 1.17 bits per heavy atom. The lowest BCUT2D eigenvalue weighted by atomic mass is 9.79. The van der Waals surface area contributed by atoms with Crippen LogP contribution in [0.25, 0.3) is 0 Å². The molecule has 1 amide bonds. The summed E-state index contributed by atoms with van der Waals surface area (Å²) in [6.45, 7) is 8.91. The second kappa shape index (κ2) is 5.42. The van der Waals surface area contributed by atoms with Crippen LogP contribution in [0.2, 0.25) is 0 Å². The van der Waals surface area contributed by atoms with Gasteiger partial charge in [0.15, 0.2) is 0 Å². The van der Waals surface area contributed by atoms with Crippen molar-refractivity contribution >= 4 is 18.7 Å². The van der Waals surface area contributed by atoms with E-state index >= 15 is 0 Å². The van der Waals surface area contributed by atoms with E-state index in [1.54, 1.807) is 0 Å². The maximum atomic E-state index is 10.7. The molecule has 0 spiro atoms. The van der Waals surface area contributed by atoms with Crippen molar-refractivity contribution in [3.63, 3.8) is 0 Å². The minimum absolute atomic E-state index is 0.0752. The highest BCUT2D eigenvalue weighted by Gasteiger charge is 2.51. The molecule has 3 rings (SSSR count). The number of amides is 1. The highest BCUT2D eigenvalue weighted by Crippen LogP contribution is 2.36. The molecule has 0 atom stereocenters. The maximum absolute atomic E-state index is 10.7. The van der Waals surface area contributed by atoms with E-state index in [9.17, 15) is 4.79 Å². The Morgan fingerprint density at radius 2 is 1.70 bits per heavy atom. The quantitative estimate of drug-likeness (QED) is 0.859. The first-order valence-corrected chi connectivity index (χ1v) is 7.78. The zero-order chi connectivity index (χ0) is 16.8. The molecule has 2 aliphatic rings. The SMILES string of the molecule is CC1(C)OB(c2ccc(OC3CN(C(=O)O)C3)cc2)OC1(C)C. The molecule has 1 aromatic rings. The fourth-order valence-electron chi connectivity index (χ4n) is 2.54. The molecule has 0 radical (unpaired) electrons. The zero-order valence-electron chi connectivity index (χ0n) is 13.9. The molecule has 6 nitrogen and oxygen atoms in total. The van der Waals surface area contributed by atoms with E-state index in [1.165, 1.54) is 4.90 Å². The van der Waals surface area contributed by atoms with Crippen molar-refractivity contribution in [3.8, 4) is 5.75 Å². The second-order valence-corrected chi connectivity index (χ2v) is 7.08.